The second kappa shape index (κ2) is 10.1. The molecule has 31 heavy (non-hydrogen) atoms. The molecule has 0 aromatic heterocycles. The first-order valence-corrected chi connectivity index (χ1v) is 12.7. The summed E-state index contributed by atoms with van der Waals surface area (Å²) in [6.07, 6.45) is 3.61. The molecule has 0 bridgehead atoms. The average molecular weight is 491 g/mol. The van der Waals surface area contributed by atoms with Gasteiger partial charge in [-0.3, -0.25) is 9.59 Å². The molecular weight excluding hydrogens is 463 g/mol. The maximum absolute atomic E-state index is 12.9. The molecule has 2 aliphatic rings. The van der Waals surface area contributed by atoms with Crippen molar-refractivity contribution in [3.8, 4) is 0 Å². The summed E-state index contributed by atoms with van der Waals surface area (Å²) < 4.78 is 32.5. The molecule has 7 nitrogen and oxygen atoms in total. The SMILES string of the molecule is C[C@@H]1CCC[C@H](C)N1C(=O)COC(=O)C1CCN(S(=O)(=O)c2c(Cl)cccc2Cl)CC1. The van der Waals surface area contributed by atoms with E-state index >= 15 is 0 Å². The number of ether oxygens (including phenoxy) is 1. The molecule has 0 unspecified atom stereocenters. The lowest BCUT2D eigenvalue weighted by molar-refractivity contribution is -0.158. The van der Waals surface area contributed by atoms with E-state index in [1.165, 1.54) is 16.4 Å². The Kier molecular flexibility index (Phi) is 7.89. The number of carbonyl (C=O) groups is 2. The Morgan fingerprint density at radius 2 is 1.58 bits per heavy atom. The summed E-state index contributed by atoms with van der Waals surface area (Å²) in [5, 5.41) is 0.127. The number of nitrogens with zero attached hydrogens (tertiary/aromatic N) is 2. The third kappa shape index (κ3) is 5.35. The van der Waals surface area contributed by atoms with Crippen molar-refractivity contribution in [3.63, 3.8) is 0 Å². The Morgan fingerprint density at radius 3 is 2.13 bits per heavy atom. The fourth-order valence-corrected chi connectivity index (χ4v) is 6.99. The van der Waals surface area contributed by atoms with E-state index in [2.05, 4.69) is 0 Å². The Hall–Kier alpha value is -1.35. The maximum atomic E-state index is 12.9. The molecule has 1 aromatic rings. The fraction of sp³-hybridized carbons (Fsp3) is 0.619. The first-order chi connectivity index (χ1) is 14.6. The summed E-state index contributed by atoms with van der Waals surface area (Å²) in [5.41, 5.74) is 0. The third-order valence-electron chi connectivity index (χ3n) is 6.12. The Morgan fingerprint density at radius 1 is 1.03 bits per heavy atom. The van der Waals surface area contributed by atoms with Gasteiger partial charge in [-0.2, -0.15) is 4.31 Å². The van der Waals surface area contributed by atoms with Crippen LogP contribution in [0.3, 0.4) is 0 Å². The van der Waals surface area contributed by atoms with Crippen LogP contribution in [0.5, 0.6) is 0 Å². The van der Waals surface area contributed by atoms with Crippen LogP contribution in [0.4, 0.5) is 0 Å². The zero-order valence-electron chi connectivity index (χ0n) is 17.7. The van der Waals surface area contributed by atoms with Gasteiger partial charge in [-0.1, -0.05) is 29.3 Å². The molecule has 2 saturated heterocycles. The molecule has 1 aromatic carbocycles. The molecule has 172 valence electrons. The number of sulfonamides is 1. The highest BCUT2D eigenvalue weighted by molar-refractivity contribution is 7.89. The summed E-state index contributed by atoms with van der Waals surface area (Å²) in [6.45, 7) is 4.05. The van der Waals surface area contributed by atoms with Crippen LogP contribution in [0.1, 0.15) is 46.0 Å². The summed E-state index contributed by atoms with van der Waals surface area (Å²) >= 11 is 12.1. The largest absolute Gasteiger partial charge is 0.455 e. The fourth-order valence-electron chi connectivity index (χ4n) is 4.43. The molecule has 2 fully saturated rings. The molecule has 3 rings (SSSR count). The van der Waals surface area contributed by atoms with Crippen molar-refractivity contribution in [2.24, 2.45) is 5.92 Å². The van der Waals surface area contributed by atoms with Crippen LogP contribution in [0, 0.1) is 5.92 Å². The van der Waals surface area contributed by atoms with E-state index in [-0.39, 0.29) is 52.6 Å². The number of hydrogen-bond acceptors (Lipinski definition) is 5. The molecule has 0 radical (unpaired) electrons. The number of rotatable bonds is 5. The third-order valence-corrected chi connectivity index (χ3v) is 8.98. The molecule has 0 aliphatic carbocycles. The second-order valence-corrected chi connectivity index (χ2v) is 11.0. The number of hydrogen-bond donors (Lipinski definition) is 0. The highest BCUT2D eigenvalue weighted by atomic mass is 35.5. The highest BCUT2D eigenvalue weighted by Crippen LogP contribution is 2.33. The van der Waals surface area contributed by atoms with Crippen LogP contribution < -0.4 is 0 Å². The number of carbonyl (C=O) groups excluding carboxylic acids is 2. The lowest BCUT2D eigenvalue weighted by Gasteiger charge is -2.39. The van der Waals surface area contributed by atoms with Crippen LogP contribution in [0.25, 0.3) is 0 Å². The van der Waals surface area contributed by atoms with Gasteiger partial charge in [0.2, 0.25) is 10.0 Å². The molecule has 10 heteroatoms. The Bertz CT molecular complexity index is 901. The molecule has 0 saturated carbocycles. The first-order valence-electron chi connectivity index (χ1n) is 10.5. The molecule has 0 spiro atoms. The summed E-state index contributed by atoms with van der Waals surface area (Å²) in [4.78, 5) is 26.7. The number of amides is 1. The summed E-state index contributed by atoms with van der Waals surface area (Å²) in [7, 11) is -3.87. The topological polar surface area (TPSA) is 84.0 Å². The van der Waals surface area contributed by atoms with Crippen molar-refractivity contribution in [1.82, 2.24) is 9.21 Å². The number of benzene rings is 1. The van der Waals surface area contributed by atoms with Crippen LogP contribution in [-0.4, -0.2) is 61.3 Å². The predicted octanol–water partition coefficient (Wildman–Crippen LogP) is 3.73. The van der Waals surface area contributed by atoms with Gasteiger partial charge >= 0.3 is 5.97 Å². The smallest absolute Gasteiger partial charge is 0.309 e. The zero-order valence-corrected chi connectivity index (χ0v) is 20.0. The number of likely N-dealkylation sites (tertiary alicyclic amines) is 1. The standard InChI is InChI=1S/C21H28Cl2N2O5S/c1-14-5-3-6-15(2)25(14)19(26)13-30-21(27)16-9-11-24(12-10-16)31(28,29)20-17(22)7-4-8-18(20)23/h4,7-8,14-16H,3,5-6,9-13H2,1-2H3/t14-,15+. The summed E-state index contributed by atoms with van der Waals surface area (Å²) in [5.74, 6) is -1.09. The minimum atomic E-state index is -3.87. The summed E-state index contributed by atoms with van der Waals surface area (Å²) in [6, 6.07) is 4.82. The molecule has 0 N–H and O–H groups in total. The van der Waals surface area contributed by atoms with Crippen LogP contribution >= 0.6 is 23.2 Å². The highest BCUT2D eigenvalue weighted by Gasteiger charge is 2.36. The zero-order chi connectivity index (χ0) is 22.8. The van der Waals surface area contributed by atoms with Gasteiger partial charge in [0, 0.05) is 25.2 Å². The van der Waals surface area contributed by atoms with E-state index in [4.69, 9.17) is 27.9 Å². The van der Waals surface area contributed by atoms with Crippen molar-refractivity contribution < 1.29 is 22.7 Å². The van der Waals surface area contributed by atoms with Crippen molar-refractivity contribution >= 4 is 45.1 Å². The van der Waals surface area contributed by atoms with Gasteiger partial charge in [0.05, 0.1) is 16.0 Å². The van der Waals surface area contributed by atoms with Crippen molar-refractivity contribution in [2.75, 3.05) is 19.7 Å². The van der Waals surface area contributed by atoms with Crippen LogP contribution in [0.2, 0.25) is 10.0 Å². The van der Waals surface area contributed by atoms with Gasteiger partial charge < -0.3 is 9.64 Å². The van der Waals surface area contributed by atoms with E-state index in [9.17, 15) is 18.0 Å². The second-order valence-electron chi connectivity index (χ2n) is 8.27. The van der Waals surface area contributed by atoms with Crippen molar-refractivity contribution in [3.05, 3.63) is 28.2 Å². The first kappa shape index (κ1) is 24.3. The van der Waals surface area contributed by atoms with Gasteiger partial charge in [-0.15, -0.1) is 0 Å². The monoisotopic (exact) mass is 490 g/mol. The molecule has 2 aliphatic heterocycles. The van der Waals surface area contributed by atoms with Crippen molar-refractivity contribution in [1.29, 1.82) is 0 Å². The van der Waals surface area contributed by atoms with Crippen molar-refractivity contribution in [2.45, 2.75) is 62.9 Å². The number of piperidine rings is 2. The predicted molar refractivity (Wildman–Crippen MR) is 119 cm³/mol. The van der Waals surface area contributed by atoms with Gasteiger partial charge in [0.1, 0.15) is 4.90 Å². The molecule has 2 heterocycles. The van der Waals surface area contributed by atoms with Crippen LogP contribution in [0.15, 0.2) is 23.1 Å². The van der Waals surface area contributed by atoms with E-state index in [1.54, 1.807) is 11.0 Å². The molecular formula is C21H28Cl2N2O5S. The molecule has 2 atom stereocenters. The number of halogens is 2. The van der Waals surface area contributed by atoms with E-state index in [0.717, 1.165) is 19.3 Å². The minimum Gasteiger partial charge on any atom is -0.455 e. The Balaban J connectivity index is 1.55. The minimum absolute atomic E-state index is 0.0636. The van der Waals surface area contributed by atoms with Crippen LogP contribution in [-0.2, 0) is 24.3 Å². The van der Waals surface area contributed by atoms with E-state index in [1.807, 2.05) is 13.8 Å². The quantitative estimate of drug-likeness (QED) is 0.587. The Labute approximate surface area is 193 Å². The van der Waals surface area contributed by atoms with Gasteiger partial charge in [-0.25, -0.2) is 8.42 Å². The molecule has 1 amide bonds. The maximum Gasteiger partial charge on any atom is 0.309 e. The van der Waals surface area contributed by atoms with Gasteiger partial charge in [-0.05, 0) is 58.1 Å². The van der Waals surface area contributed by atoms with Gasteiger partial charge in [0.15, 0.2) is 6.61 Å². The van der Waals surface area contributed by atoms with E-state index in [0.29, 0.717) is 12.8 Å². The lowest BCUT2D eigenvalue weighted by atomic mass is 9.97. The van der Waals surface area contributed by atoms with Gasteiger partial charge in [0.25, 0.3) is 5.91 Å². The average Bonchev–Trinajstić information content (AvgIpc) is 2.71. The van der Waals surface area contributed by atoms with E-state index < -0.39 is 21.9 Å². The lowest BCUT2D eigenvalue weighted by Crippen LogP contribution is -2.49. The number of esters is 1. The normalized spacial score (nSPS) is 23.5.